The Morgan fingerprint density at radius 2 is 1.05 bits per heavy atom. The Morgan fingerprint density at radius 1 is 0.386 bits per heavy atom. The highest BCUT2D eigenvalue weighted by molar-refractivity contribution is 6.37. The van der Waals surface area contributed by atoms with Crippen LogP contribution >= 0.6 is 0 Å². The number of hydrogen-bond acceptors (Lipinski definition) is 0. The number of rotatable bonds is 2. The molecule has 0 saturated heterocycles. The molecule has 0 radical (unpaired) electrons. The number of fused-ring (bicyclic) bond motifs is 13. The minimum Gasteiger partial charge on any atom is -0.355 e. The molecular weight excluding hydrogens is 532 g/mol. The van der Waals surface area contributed by atoms with Crippen LogP contribution in [0.15, 0.2) is 152 Å². The molecule has 0 bridgehead atoms. The number of aromatic amines is 1. The van der Waals surface area contributed by atoms with E-state index in [-0.39, 0.29) is 0 Å². The highest BCUT2D eigenvalue weighted by atomic mass is 15.0. The third kappa shape index (κ3) is 3.20. The van der Waals surface area contributed by atoms with E-state index in [0.717, 1.165) is 0 Å². The maximum Gasteiger partial charge on any atom is 0.0626 e. The molecule has 10 rings (SSSR count). The highest BCUT2D eigenvalue weighted by Crippen LogP contribution is 2.45. The third-order valence-electron chi connectivity index (χ3n) is 9.47. The molecule has 2 nitrogen and oxygen atoms in total. The van der Waals surface area contributed by atoms with Crippen molar-refractivity contribution >= 4 is 75.9 Å². The molecule has 0 fully saturated rings. The SMILES string of the molecule is c1ccc(-n2c3ccc(-c4ccc5[nH]c6ccccc6c5c4)cc3c3c4c5ccccc5ccc4c4ccccc4c32)cc1. The Kier molecular flexibility index (Phi) is 4.75. The van der Waals surface area contributed by atoms with Gasteiger partial charge < -0.3 is 9.55 Å². The predicted molar refractivity (Wildman–Crippen MR) is 188 cm³/mol. The Balaban J connectivity index is 1.40. The van der Waals surface area contributed by atoms with E-state index in [1.54, 1.807) is 0 Å². The van der Waals surface area contributed by atoms with Gasteiger partial charge in [-0.25, -0.2) is 0 Å². The average molecular weight is 559 g/mol. The molecule has 2 heteroatoms. The fourth-order valence-corrected chi connectivity index (χ4v) is 7.54. The molecule has 8 aromatic carbocycles. The Morgan fingerprint density at radius 3 is 1.91 bits per heavy atom. The lowest BCUT2D eigenvalue weighted by Crippen LogP contribution is -1.94. The average Bonchev–Trinajstić information content (AvgIpc) is 3.64. The summed E-state index contributed by atoms with van der Waals surface area (Å²) in [4.78, 5) is 3.58. The first-order valence-electron chi connectivity index (χ1n) is 15.2. The smallest absolute Gasteiger partial charge is 0.0626 e. The minimum absolute atomic E-state index is 1.17. The second-order valence-electron chi connectivity index (χ2n) is 11.8. The van der Waals surface area contributed by atoms with Crippen molar-refractivity contribution in [3.05, 3.63) is 152 Å². The summed E-state index contributed by atoms with van der Waals surface area (Å²) in [6.45, 7) is 0. The van der Waals surface area contributed by atoms with Crippen molar-refractivity contribution in [2.75, 3.05) is 0 Å². The molecule has 0 amide bonds. The molecule has 0 aliphatic heterocycles. The van der Waals surface area contributed by atoms with Crippen LogP contribution in [-0.2, 0) is 0 Å². The van der Waals surface area contributed by atoms with Gasteiger partial charge in [0.05, 0.1) is 11.0 Å². The fraction of sp³-hybridized carbons (Fsp3) is 0. The lowest BCUT2D eigenvalue weighted by atomic mass is 9.92. The molecule has 204 valence electrons. The van der Waals surface area contributed by atoms with E-state index in [2.05, 4.69) is 161 Å². The molecule has 44 heavy (non-hydrogen) atoms. The number of nitrogens with zero attached hydrogens (tertiary/aromatic N) is 1. The number of aromatic nitrogens is 2. The molecule has 0 saturated carbocycles. The zero-order valence-corrected chi connectivity index (χ0v) is 23.9. The van der Waals surface area contributed by atoms with E-state index in [4.69, 9.17) is 0 Å². The predicted octanol–water partition coefficient (Wildman–Crippen LogP) is 11.5. The van der Waals surface area contributed by atoms with Crippen LogP contribution in [0.25, 0.3) is 92.7 Å². The summed E-state index contributed by atoms with van der Waals surface area (Å²) in [6.07, 6.45) is 0. The summed E-state index contributed by atoms with van der Waals surface area (Å²) >= 11 is 0. The van der Waals surface area contributed by atoms with Crippen LogP contribution in [0.4, 0.5) is 0 Å². The first-order valence-corrected chi connectivity index (χ1v) is 15.2. The van der Waals surface area contributed by atoms with E-state index in [1.165, 1.54) is 92.7 Å². The molecular formula is C42H26N2. The number of nitrogens with one attached hydrogen (secondary N) is 1. The van der Waals surface area contributed by atoms with Gasteiger partial charge in [-0.15, -0.1) is 0 Å². The molecule has 2 aromatic heterocycles. The summed E-state index contributed by atoms with van der Waals surface area (Å²) in [6, 6.07) is 55.5. The van der Waals surface area contributed by atoms with Crippen molar-refractivity contribution in [1.29, 1.82) is 0 Å². The zero-order valence-electron chi connectivity index (χ0n) is 23.9. The molecule has 0 aliphatic carbocycles. The topological polar surface area (TPSA) is 20.7 Å². The second-order valence-corrected chi connectivity index (χ2v) is 11.8. The number of benzene rings is 8. The van der Waals surface area contributed by atoms with Gasteiger partial charge in [0.25, 0.3) is 0 Å². The van der Waals surface area contributed by atoms with Crippen LogP contribution in [0, 0.1) is 0 Å². The highest BCUT2D eigenvalue weighted by Gasteiger charge is 2.21. The molecule has 2 heterocycles. The van der Waals surface area contributed by atoms with Crippen LogP contribution in [0.1, 0.15) is 0 Å². The van der Waals surface area contributed by atoms with E-state index < -0.39 is 0 Å². The van der Waals surface area contributed by atoms with Crippen LogP contribution in [0.3, 0.4) is 0 Å². The summed E-state index contributed by atoms with van der Waals surface area (Å²) in [5, 5.41) is 12.8. The quantitative estimate of drug-likeness (QED) is 0.204. The van der Waals surface area contributed by atoms with Crippen molar-refractivity contribution < 1.29 is 0 Å². The summed E-state index contributed by atoms with van der Waals surface area (Å²) < 4.78 is 2.47. The van der Waals surface area contributed by atoms with Crippen LogP contribution in [-0.4, -0.2) is 9.55 Å². The lowest BCUT2D eigenvalue weighted by Gasteiger charge is -2.13. The van der Waals surface area contributed by atoms with Gasteiger partial charge in [0.15, 0.2) is 0 Å². The van der Waals surface area contributed by atoms with Crippen molar-refractivity contribution in [3.8, 4) is 16.8 Å². The molecule has 0 spiro atoms. The molecule has 0 atom stereocenters. The van der Waals surface area contributed by atoms with Crippen molar-refractivity contribution in [1.82, 2.24) is 9.55 Å². The Bertz CT molecular complexity index is 2760. The lowest BCUT2D eigenvalue weighted by molar-refractivity contribution is 1.19. The van der Waals surface area contributed by atoms with E-state index >= 15 is 0 Å². The van der Waals surface area contributed by atoms with Crippen LogP contribution in [0.2, 0.25) is 0 Å². The molecule has 0 unspecified atom stereocenters. The van der Waals surface area contributed by atoms with Crippen molar-refractivity contribution in [2.45, 2.75) is 0 Å². The standard InChI is InChI=1S/C42H26N2/c1-2-11-29(12-3-1)44-39-23-20-28(27-19-22-38-35(24-27)32-15-8-9-17-37(32)43-38)25-36(39)41-40-30-13-5-4-10-26(30)18-21-33(40)31-14-6-7-16-34(31)42(41)44/h1-25,43H. The van der Waals surface area contributed by atoms with Gasteiger partial charge in [0.1, 0.15) is 0 Å². The summed E-state index contributed by atoms with van der Waals surface area (Å²) in [5.41, 5.74) is 8.43. The third-order valence-corrected chi connectivity index (χ3v) is 9.47. The maximum absolute atomic E-state index is 3.58. The van der Waals surface area contributed by atoms with Gasteiger partial charge in [-0.2, -0.15) is 0 Å². The first-order chi connectivity index (χ1) is 21.8. The van der Waals surface area contributed by atoms with Gasteiger partial charge in [-0.1, -0.05) is 109 Å². The normalized spacial score (nSPS) is 12.1. The molecule has 0 aliphatic rings. The van der Waals surface area contributed by atoms with Gasteiger partial charge >= 0.3 is 0 Å². The van der Waals surface area contributed by atoms with Gasteiger partial charge in [-0.05, 0) is 75.1 Å². The number of para-hydroxylation sites is 2. The fourth-order valence-electron chi connectivity index (χ4n) is 7.54. The van der Waals surface area contributed by atoms with Crippen molar-refractivity contribution in [2.24, 2.45) is 0 Å². The second kappa shape index (κ2) is 8.82. The molecule has 1 N–H and O–H groups in total. The van der Waals surface area contributed by atoms with Gasteiger partial charge in [0.2, 0.25) is 0 Å². The van der Waals surface area contributed by atoms with E-state index in [0.29, 0.717) is 0 Å². The van der Waals surface area contributed by atoms with Crippen molar-refractivity contribution in [3.63, 3.8) is 0 Å². The zero-order chi connectivity index (χ0) is 28.8. The van der Waals surface area contributed by atoms with Gasteiger partial charge in [0, 0.05) is 49.0 Å². The number of hydrogen-bond donors (Lipinski definition) is 1. The Hall–Kier alpha value is -5.86. The Labute approximate surface area is 253 Å². The van der Waals surface area contributed by atoms with E-state index in [9.17, 15) is 0 Å². The van der Waals surface area contributed by atoms with E-state index in [1.807, 2.05) is 0 Å². The van der Waals surface area contributed by atoms with Gasteiger partial charge in [-0.3, -0.25) is 0 Å². The first kappa shape index (κ1) is 23.7. The minimum atomic E-state index is 1.17. The largest absolute Gasteiger partial charge is 0.355 e. The number of H-pyrrole nitrogens is 1. The molecule has 10 aromatic rings. The summed E-state index contributed by atoms with van der Waals surface area (Å²) in [7, 11) is 0. The summed E-state index contributed by atoms with van der Waals surface area (Å²) in [5.74, 6) is 0. The monoisotopic (exact) mass is 558 g/mol. The van der Waals surface area contributed by atoms with Crippen LogP contribution < -0.4 is 0 Å². The maximum atomic E-state index is 3.58. The van der Waals surface area contributed by atoms with Crippen LogP contribution in [0.5, 0.6) is 0 Å².